The summed E-state index contributed by atoms with van der Waals surface area (Å²) in [7, 11) is 0. The lowest BCUT2D eigenvalue weighted by Gasteiger charge is -2.14. The lowest BCUT2D eigenvalue weighted by atomic mass is 10.0. The number of carboxylic acid groups (broad SMARTS) is 1. The highest BCUT2D eigenvalue weighted by Crippen LogP contribution is 2.35. The molecule has 3 aromatic rings. The number of halogens is 2. The lowest BCUT2D eigenvalue weighted by Crippen LogP contribution is -2.45. The Morgan fingerprint density at radius 3 is 2.59 bits per heavy atom. The van der Waals surface area contributed by atoms with Crippen molar-refractivity contribution in [2.45, 2.75) is 26.3 Å². The van der Waals surface area contributed by atoms with Gasteiger partial charge in [0.15, 0.2) is 5.13 Å². The number of pyridine rings is 1. The first-order valence-electron chi connectivity index (χ1n) is 9.87. The molecule has 1 unspecified atom stereocenters. The Kier molecular flexibility index (Phi) is 8.06. The molecule has 2 heterocycles. The maximum atomic E-state index is 12.3. The zero-order chi connectivity index (χ0) is 23.3. The zero-order valence-electron chi connectivity index (χ0n) is 17.4. The molecule has 7 nitrogen and oxygen atoms in total. The second-order valence-electron chi connectivity index (χ2n) is 7.50. The van der Waals surface area contributed by atoms with Gasteiger partial charge < -0.3 is 15.7 Å². The van der Waals surface area contributed by atoms with Crippen LogP contribution in [0.1, 0.15) is 29.1 Å². The molecule has 0 fully saturated rings. The smallest absolute Gasteiger partial charge is 0.328 e. The minimum atomic E-state index is -1.15. The largest absolute Gasteiger partial charge is 0.480 e. The molecule has 0 aliphatic rings. The van der Waals surface area contributed by atoms with Gasteiger partial charge in [0, 0.05) is 29.4 Å². The summed E-state index contributed by atoms with van der Waals surface area (Å²) in [5.74, 6) is -1.27. The van der Waals surface area contributed by atoms with Crippen LogP contribution in [0.4, 0.5) is 5.13 Å². The SMILES string of the molecule is CC(C)Cc1sc(NCC(NC(=O)c2cccnc2)C(=O)O)nc1-c1ccc(Cl)c(Cl)c1. The standard InChI is InChI=1S/C22H22Cl2N4O3S/c1-12(2)8-18-19(13-5-6-15(23)16(24)9-13)28-22(32-18)26-11-17(21(30)31)27-20(29)14-4-3-7-25-10-14/h3-7,9-10,12,17H,8,11H2,1-2H3,(H,26,28)(H,27,29)(H,30,31). The third-order valence-corrected chi connectivity index (χ3v) is 6.24. The van der Waals surface area contributed by atoms with Crippen LogP contribution in [0.25, 0.3) is 11.3 Å². The summed E-state index contributed by atoms with van der Waals surface area (Å²) < 4.78 is 0. The van der Waals surface area contributed by atoms with E-state index in [4.69, 9.17) is 23.2 Å². The maximum Gasteiger partial charge on any atom is 0.328 e. The average Bonchev–Trinajstić information content (AvgIpc) is 3.15. The molecule has 10 heteroatoms. The molecule has 3 rings (SSSR count). The molecule has 0 radical (unpaired) electrons. The van der Waals surface area contributed by atoms with E-state index in [1.54, 1.807) is 24.3 Å². The van der Waals surface area contributed by atoms with Crippen molar-refractivity contribution in [2.75, 3.05) is 11.9 Å². The number of amides is 1. The number of carbonyl (C=O) groups excluding carboxylic acids is 1. The van der Waals surface area contributed by atoms with Crippen molar-refractivity contribution in [3.8, 4) is 11.3 Å². The molecular formula is C22H22Cl2N4O3S. The summed E-state index contributed by atoms with van der Waals surface area (Å²) >= 11 is 13.7. The lowest BCUT2D eigenvalue weighted by molar-refractivity contribution is -0.138. The number of anilines is 1. The molecule has 3 N–H and O–H groups in total. The number of nitrogens with one attached hydrogen (secondary N) is 2. The molecule has 1 aromatic carbocycles. The fourth-order valence-corrected chi connectivity index (χ4v) is 4.43. The molecule has 2 aromatic heterocycles. The molecule has 168 valence electrons. The highest BCUT2D eigenvalue weighted by Gasteiger charge is 2.22. The van der Waals surface area contributed by atoms with Gasteiger partial charge in [0.05, 0.1) is 21.3 Å². The highest BCUT2D eigenvalue weighted by molar-refractivity contribution is 7.16. The summed E-state index contributed by atoms with van der Waals surface area (Å²) in [4.78, 5) is 33.6. The Morgan fingerprint density at radius 2 is 1.97 bits per heavy atom. The molecule has 0 saturated heterocycles. The van der Waals surface area contributed by atoms with Crippen molar-refractivity contribution in [3.63, 3.8) is 0 Å². The predicted molar refractivity (Wildman–Crippen MR) is 128 cm³/mol. The first-order chi connectivity index (χ1) is 15.2. The quantitative estimate of drug-likeness (QED) is 0.387. The third kappa shape index (κ3) is 6.18. The van der Waals surface area contributed by atoms with E-state index in [0.717, 1.165) is 22.6 Å². The van der Waals surface area contributed by atoms with Gasteiger partial charge in [-0.3, -0.25) is 9.78 Å². The number of hydrogen-bond acceptors (Lipinski definition) is 6. The van der Waals surface area contributed by atoms with Crippen LogP contribution in [0.3, 0.4) is 0 Å². The number of hydrogen-bond donors (Lipinski definition) is 3. The Labute approximate surface area is 199 Å². The van der Waals surface area contributed by atoms with Gasteiger partial charge in [0.25, 0.3) is 5.91 Å². The van der Waals surface area contributed by atoms with E-state index in [1.807, 2.05) is 6.07 Å². The number of nitrogens with zero attached hydrogens (tertiary/aromatic N) is 2. The number of benzene rings is 1. The van der Waals surface area contributed by atoms with Crippen molar-refractivity contribution < 1.29 is 14.7 Å². The summed E-state index contributed by atoms with van der Waals surface area (Å²) in [5, 5.41) is 16.6. The van der Waals surface area contributed by atoms with Crippen molar-refractivity contribution in [2.24, 2.45) is 5.92 Å². The van der Waals surface area contributed by atoms with Gasteiger partial charge in [-0.05, 0) is 36.6 Å². The zero-order valence-corrected chi connectivity index (χ0v) is 19.8. The van der Waals surface area contributed by atoms with E-state index >= 15 is 0 Å². The minimum Gasteiger partial charge on any atom is -0.480 e. The van der Waals surface area contributed by atoms with Crippen LogP contribution in [-0.4, -0.2) is 39.5 Å². The number of thiazole rings is 1. The van der Waals surface area contributed by atoms with Crippen molar-refractivity contribution in [1.29, 1.82) is 0 Å². The minimum absolute atomic E-state index is 0.0310. The van der Waals surface area contributed by atoms with Gasteiger partial charge in [0.2, 0.25) is 0 Å². The fourth-order valence-electron chi connectivity index (χ4n) is 2.93. The Morgan fingerprint density at radius 1 is 1.19 bits per heavy atom. The number of aliphatic carboxylic acids is 1. The average molecular weight is 493 g/mol. The van der Waals surface area contributed by atoms with E-state index < -0.39 is 17.9 Å². The summed E-state index contributed by atoms with van der Waals surface area (Å²) in [6.45, 7) is 4.19. The van der Waals surface area contributed by atoms with Crippen LogP contribution in [0, 0.1) is 5.92 Å². The molecule has 32 heavy (non-hydrogen) atoms. The number of carbonyl (C=O) groups is 2. The second-order valence-corrected chi connectivity index (χ2v) is 9.40. The topological polar surface area (TPSA) is 104 Å². The van der Waals surface area contributed by atoms with Crippen LogP contribution in [0.15, 0.2) is 42.7 Å². The van der Waals surface area contributed by atoms with Gasteiger partial charge in [-0.1, -0.05) is 43.1 Å². The highest BCUT2D eigenvalue weighted by atomic mass is 35.5. The molecule has 0 spiro atoms. The summed E-state index contributed by atoms with van der Waals surface area (Å²) in [5.41, 5.74) is 1.89. The van der Waals surface area contributed by atoms with E-state index in [1.165, 1.54) is 23.7 Å². The van der Waals surface area contributed by atoms with Crippen LogP contribution in [0.2, 0.25) is 10.0 Å². The van der Waals surface area contributed by atoms with Crippen LogP contribution >= 0.6 is 34.5 Å². The number of rotatable bonds is 9. The normalized spacial score (nSPS) is 11.9. The third-order valence-electron chi connectivity index (χ3n) is 4.47. The molecule has 1 amide bonds. The predicted octanol–water partition coefficient (Wildman–Crippen LogP) is 5.01. The maximum absolute atomic E-state index is 12.3. The van der Waals surface area contributed by atoms with Gasteiger partial charge in [-0.2, -0.15) is 0 Å². The van der Waals surface area contributed by atoms with E-state index in [9.17, 15) is 14.7 Å². The van der Waals surface area contributed by atoms with Crippen LogP contribution < -0.4 is 10.6 Å². The Hall–Kier alpha value is -2.68. The first kappa shape index (κ1) is 24.0. The molecule has 0 saturated carbocycles. The number of aromatic nitrogens is 2. The van der Waals surface area contributed by atoms with E-state index in [-0.39, 0.29) is 12.1 Å². The van der Waals surface area contributed by atoms with Crippen molar-refractivity contribution >= 4 is 51.5 Å². The van der Waals surface area contributed by atoms with E-state index in [0.29, 0.717) is 21.1 Å². The molecule has 1 atom stereocenters. The van der Waals surface area contributed by atoms with Gasteiger partial charge in [-0.25, -0.2) is 9.78 Å². The first-order valence-corrected chi connectivity index (χ1v) is 11.4. The molecule has 0 bridgehead atoms. The summed E-state index contributed by atoms with van der Waals surface area (Å²) in [6.07, 6.45) is 3.72. The number of carboxylic acids is 1. The van der Waals surface area contributed by atoms with Gasteiger partial charge >= 0.3 is 5.97 Å². The summed E-state index contributed by atoms with van der Waals surface area (Å²) in [6, 6.07) is 7.37. The molecule has 0 aliphatic heterocycles. The van der Waals surface area contributed by atoms with E-state index in [2.05, 4.69) is 34.4 Å². The van der Waals surface area contributed by atoms with Crippen LogP contribution in [-0.2, 0) is 11.2 Å². The van der Waals surface area contributed by atoms with Gasteiger partial charge in [-0.15, -0.1) is 11.3 Å². The fraction of sp³-hybridized carbons (Fsp3) is 0.273. The second kappa shape index (κ2) is 10.8. The van der Waals surface area contributed by atoms with Crippen LogP contribution in [0.5, 0.6) is 0 Å². The Balaban J connectivity index is 1.78. The van der Waals surface area contributed by atoms with Crippen molar-refractivity contribution in [3.05, 3.63) is 63.2 Å². The Bertz CT molecular complexity index is 1110. The molecular weight excluding hydrogens is 471 g/mol. The molecule has 0 aliphatic carbocycles. The monoisotopic (exact) mass is 492 g/mol. The van der Waals surface area contributed by atoms with Crippen molar-refractivity contribution in [1.82, 2.24) is 15.3 Å². The van der Waals surface area contributed by atoms with Gasteiger partial charge in [0.1, 0.15) is 6.04 Å².